The topological polar surface area (TPSA) is 21.3 Å². The number of rotatable bonds is 7. The van der Waals surface area contributed by atoms with E-state index >= 15 is 0 Å². The van der Waals surface area contributed by atoms with E-state index in [9.17, 15) is 0 Å². The van der Waals surface area contributed by atoms with Gasteiger partial charge in [0.25, 0.3) is 0 Å². The summed E-state index contributed by atoms with van der Waals surface area (Å²) < 4.78 is 6.55. The summed E-state index contributed by atoms with van der Waals surface area (Å²) in [7, 11) is 1.72. The molecule has 0 spiro atoms. The van der Waals surface area contributed by atoms with Gasteiger partial charge in [-0.15, -0.1) is 11.3 Å². The van der Waals surface area contributed by atoms with Crippen molar-refractivity contribution in [2.24, 2.45) is 0 Å². The van der Waals surface area contributed by atoms with Crippen LogP contribution in [0.3, 0.4) is 0 Å². The molecule has 0 bridgehead atoms. The number of ether oxygens (including phenoxy) is 1. The molecular weight excluding hydrogens is 346 g/mol. The zero-order valence-electron chi connectivity index (χ0n) is 12.8. The zero-order valence-corrected chi connectivity index (χ0v) is 15.2. The van der Waals surface area contributed by atoms with Crippen LogP contribution in [0.15, 0.2) is 34.1 Å². The Hall–Kier alpha value is -0.840. The van der Waals surface area contributed by atoms with Gasteiger partial charge in [0.15, 0.2) is 0 Å². The lowest BCUT2D eigenvalue weighted by atomic mass is 10.00. The summed E-state index contributed by atoms with van der Waals surface area (Å²) in [5.74, 6) is 0.951. The van der Waals surface area contributed by atoms with E-state index in [0.717, 1.165) is 25.1 Å². The summed E-state index contributed by atoms with van der Waals surface area (Å²) >= 11 is 5.35. The Balaban J connectivity index is 2.20. The fourth-order valence-electron chi connectivity index (χ4n) is 2.41. The van der Waals surface area contributed by atoms with Crippen LogP contribution in [0.5, 0.6) is 5.75 Å². The molecule has 21 heavy (non-hydrogen) atoms. The quantitative estimate of drug-likeness (QED) is 0.733. The number of hydrogen-bond acceptors (Lipinski definition) is 3. The van der Waals surface area contributed by atoms with Crippen LogP contribution in [-0.2, 0) is 6.42 Å². The summed E-state index contributed by atoms with van der Waals surface area (Å²) in [4.78, 5) is 1.39. The Kier molecular flexibility index (Phi) is 6.27. The number of halogens is 1. The maximum absolute atomic E-state index is 5.36. The first kappa shape index (κ1) is 16.5. The number of methoxy groups -OCH3 is 1. The normalized spacial score (nSPS) is 12.4. The van der Waals surface area contributed by atoms with Gasteiger partial charge in [-0.25, -0.2) is 0 Å². The van der Waals surface area contributed by atoms with E-state index in [1.165, 1.54) is 19.8 Å². The van der Waals surface area contributed by atoms with Gasteiger partial charge >= 0.3 is 0 Å². The average molecular weight is 368 g/mol. The highest BCUT2D eigenvalue weighted by Crippen LogP contribution is 2.29. The van der Waals surface area contributed by atoms with Crippen molar-refractivity contribution in [1.29, 1.82) is 0 Å². The first-order valence-electron chi connectivity index (χ1n) is 7.26. The molecule has 2 aromatic rings. The van der Waals surface area contributed by atoms with E-state index in [2.05, 4.69) is 65.4 Å². The summed E-state index contributed by atoms with van der Waals surface area (Å²) in [5, 5.41) is 3.66. The standard InChI is InChI=1S/C17H22BrNOS/c1-4-9-19-15(11-14-6-8-17(18)21-14)13-5-7-16(20-3)12(2)10-13/h5-8,10,15,19H,4,9,11H2,1-3H3. The van der Waals surface area contributed by atoms with Gasteiger partial charge < -0.3 is 10.1 Å². The highest BCUT2D eigenvalue weighted by Gasteiger charge is 2.14. The van der Waals surface area contributed by atoms with Crippen molar-refractivity contribution in [2.45, 2.75) is 32.7 Å². The molecule has 0 saturated heterocycles. The Morgan fingerprint density at radius 2 is 2.10 bits per heavy atom. The third-order valence-electron chi connectivity index (χ3n) is 3.50. The number of aryl methyl sites for hydroxylation is 1. The molecule has 0 fully saturated rings. The lowest BCUT2D eigenvalue weighted by Crippen LogP contribution is -2.23. The van der Waals surface area contributed by atoms with Crippen LogP contribution in [0, 0.1) is 6.92 Å². The van der Waals surface area contributed by atoms with Crippen LogP contribution in [0.1, 0.15) is 35.4 Å². The summed E-state index contributed by atoms with van der Waals surface area (Å²) in [6.45, 7) is 5.33. The van der Waals surface area contributed by atoms with Crippen LogP contribution in [-0.4, -0.2) is 13.7 Å². The van der Waals surface area contributed by atoms with E-state index in [1.807, 2.05) is 11.3 Å². The summed E-state index contributed by atoms with van der Waals surface area (Å²) in [5.41, 5.74) is 2.51. The molecule has 0 aliphatic rings. The van der Waals surface area contributed by atoms with E-state index in [1.54, 1.807) is 7.11 Å². The Morgan fingerprint density at radius 3 is 2.67 bits per heavy atom. The minimum absolute atomic E-state index is 0.347. The highest BCUT2D eigenvalue weighted by atomic mass is 79.9. The Bertz CT molecular complexity index is 582. The SMILES string of the molecule is CCCNC(Cc1ccc(Br)s1)c1ccc(OC)c(C)c1. The highest BCUT2D eigenvalue weighted by molar-refractivity contribution is 9.11. The number of benzene rings is 1. The van der Waals surface area contributed by atoms with Crippen molar-refractivity contribution in [3.8, 4) is 5.75 Å². The molecule has 1 atom stereocenters. The molecule has 0 radical (unpaired) electrons. The summed E-state index contributed by atoms with van der Waals surface area (Å²) in [6, 6.07) is 11.1. The van der Waals surface area contributed by atoms with Crippen LogP contribution in [0.25, 0.3) is 0 Å². The number of nitrogens with one attached hydrogen (secondary N) is 1. The molecule has 2 rings (SSSR count). The Morgan fingerprint density at radius 1 is 1.29 bits per heavy atom. The van der Waals surface area contributed by atoms with Crippen LogP contribution < -0.4 is 10.1 Å². The van der Waals surface area contributed by atoms with Crippen molar-refractivity contribution in [1.82, 2.24) is 5.32 Å². The van der Waals surface area contributed by atoms with Gasteiger partial charge in [-0.05, 0) is 65.1 Å². The summed E-state index contributed by atoms with van der Waals surface area (Å²) in [6.07, 6.45) is 2.15. The van der Waals surface area contributed by atoms with Crippen molar-refractivity contribution in [2.75, 3.05) is 13.7 Å². The first-order valence-corrected chi connectivity index (χ1v) is 8.87. The second-order valence-electron chi connectivity index (χ2n) is 5.15. The molecule has 2 nitrogen and oxygen atoms in total. The van der Waals surface area contributed by atoms with E-state index in [-0.39, 0.29) is 0 Å². The molecule has 1 heterocycles. The molecule has 114 valence electrons. The second kappa shape index (κ2) is 7.97. The van der Waals surface area contributed by atoms with E-state index in [4.69, 9.17) is 4.74 Å². The van der Waals surface area contributed by atoms with Crippen molar-refractivity contribution >= 4 is 27.3 Å². The van der Waals surface area contributed by atoms with Crippen molar-refractivity contribution < 1.29 is 4.74 Å². The van der Waals surface area contributed by atoms with Gasteiger partial charge in [0.1, 0.15) is 5.75 Å². The molecule has 0 saturated carbocycles. The third kappa shape index (κ3) is 4.56. The van der Waals surface area contributed by atoms with Gasteiger partial charge in [-0.2, -0.15) is 0 Å². The van der Waals surface area contributed by atoms with Gasteiger partial charge in [0.05, 0.1) is 10.9 Å². The molecular formula is C17H22BrNOS. The monoisotopic (exact) mass is 367 g/mol. The van der Waals surface area contributed by atoms with Crippen LogP contribution in [0.2, 0.25) is 0 Å². The van der Waals surface area contributed by atoms with Crippen molar-refractivity contribution in [3.05, 3.63) is 50.1 Å². The largest absolute Gasteiger partial charge is 0.496 e. The van der Waals surface area contributed by atoms with Crippen LogP contribution >= 0.6 is 27.3 Å². The van der Waals surface area contributed by atoms with Crippen molar-refractivity contribution in [3.63, 3.8) is 0 Å². The molecule has 1 unspecified atom stereocenters. The lowest BCUT2D eigenvalue weighted by molar-refractivity contribution is 0.411. The predicted molar refractivity (Wildman–Crippen MR) is 94.5 cm³/mol. The number of hydrogen-bond donors (Lipinski definition) is 1. The Labute approximate surface area is 139 Å². The smallest absolute Gasteiger partial charge is 0.121 e. The maximum atomic E-state index is 5.36. The third-order valence-corrected chi connectivity index (χ3v) is 5.14. The van der Waals surface area contributed by atoms with Gasteiger partial charge in [0, 0.05) is 17.3 Å². The van der Waals surface area contributed by atoms with Gasteiger partial charge in [-0.1, -0.05) is 19.1 Å². The molecule has 0 amide bonds. The van der Waals surface area contributed by atoms with E-state index < -0.39 is 0 Å². The molecule has 4 heteroatoms. The lowest BCUT2D eigenvalue weighted by Gasteiger charge is -2.19. The fraction of sp³-hybridized carbons (Fsp3) is 0.412. The van der Waals surface area contributed by atoms with E-state index in [0.29, 0.717) is 6.04 Å². The fourth-order valence-corrected chi connectivity index (χ4v) is 3.94. The molecule has 0 aliphatic carbocycles. The first-order chi connectivity index (χ1) is 10.1. The minimum atomic E-state index is 0.347. The maximum Gasteiger partial charge on any atom is 0.121 e. The minimum Gasteiger partial charge on any atom is -0.496 e. The number of thiophene rings is 1. The average Bonchev–Trinajstić information content (AvgIpc) is 2.88. The molecule has 0 aliphatic heterocycles. The molecule has 1 aromatic heterocycles. The van der Waals surface area contributed by atoms with Crippen LogP contribution in [0.4, 0.5) is 0 Å². The second-order valence-corrected chi connectivity index (χ2v) is 7.69. The predicted octanol–water partition coefficient (Wildman–Crippen LogP) is 5.11. The van der Waals surface area contributed by atoms with Gasteiger partial charge in [0.2, 0.25) is 0 Å². The molecule has 1 N–H and O–H groups in total. The molecule has 1 aromatic carbocycles. The van der Waals surface area contributed by atoms with Gasteiger partial charge in [-0.3, -0.25) is 0 Å². The zero-order chi connectivity index (χ0) is 15.2.